The highest BCUT2D eigenvalue weighted by Gasteiger charge is 2.34. The van der Waals surface area contributed by atoms with E-state index >= 15 is 0 Å². The van der Waals surface area contributed by atoms with E-state index in [2.05, 4.69) is 86.0 Å². The Bertz CT molecular complexity index is 1550. The first-order valence-corrected chi connectivity index (χ1v) is 14.3. The highest BCUT2D eigenvalue weighted by Crippen LogP contribution is 2.37. The molecule has 0 saturated carbocycles. The lowest BCUT2D eigenvalue weighted by molar-refractivity contribution is -0.113. The predicted molar refractivity (Wildman–Crippen MR) is 160 cm³/mol. The Morgan fingerprint density at radius 3 is 2.44 bits per heavy atom. The van der Waals surface area contributed by atoms with Crippen molar-refractivity contribution < 1.29 is 4.79 Å². The minimum Gasteiger partial charge on any atom is -0.328 e. The van der Waals surface area contributed by atoms with Gasteiger partial charge in [0.2, 0.25) is 11.1 Å². The number of thioether (sulfide) groups is 1. The molecule has 2 N–H and O–H groups in total. The summed E-state index contributed by atoms with van der Waals surface area (Å²) in [6.07, 6.45) is 0. The number of carbonyl (C=O) groups excluding carboxylic acids is 1. The predicted octanol–water partition coefficient (Wildman–Crippen LogP) is 7.55. The number of hydrogen-bond donors (Lipinski definition) is 2. The van der Waals surface area contributed by atoms with Gasteiger partial charge in [0.15, 0.2) is 0 Å². The fourth-order valence-electron chi connectivity index (χ4n) is 4.95. The zero-order valence-electron chi connectivity index (χ0n) is 23.4. The van der Waals surface area contributed by atoms with Gasteiger partial charge in [0.1, 0.15) is 6.04 Å². The first-order chi connectivity index (χ1) is 18.7. The minimum absolute atomic E-state index is 0.153. The fraction of sp³-hybridized carbons (Fsp3) is 0.281. The number of anilines is 2. The van der Waals surface area contributed by atoms with E-state index in [-0.39, 0.29) is 5.91 Å². The second kappa shape index (κ2) is 11.1. The third kappa shape index (κ3) is 5.78. The maximum absolute atomic E-state index is 13.9. The van der Waals surface area contributed by atoms with Crippen LogP contribution in [0.25, 0.3) is 0 Å². The van der Waals surface area contributed by atoms with Crippen molar-refractivity contribution in [3.05, 3.63) is 111 Å². The van der Waals surface area contributed by atoms with Crippen molar-refractivity contribution in [3.8, 4) is 0 Å². The van der Waals surface area contributed by atoms with Gasteiger partial charge in [0.05, 0.1) is 5.57 Å². The molecule has 0 radical (unpaired) electrons. The van der Waals surface area contributed by atoms with Crippen LogP contribution in [-0.4, -0.2) is 20.7 Å². The molecule has 0 fully saturated rings. The highest BCUT2D eigenvalue weighted by atomic mass is 32.2. The summed E-state index contributed by atoms with van der Waals surface area (Å²) in [5, 5.41) is 12.1. The standard InChI is InChI=1S/C32H35N5OS/c1-19(2)25-11-13-26(14-12-25)29-28(30(38)34-27-15-10-21(4)16-22(27)5)23(6)33-31-35-32(36-37(29)31)39-18-24-9-7-8-20(3)17-24/h7-17,19,29H,18H2,1-6H3,(H,34,38)(H,33,35,36). The molecular weight excluding hydrogens is 502 g/mol. The molecule has 3 aromatic carbocycles. The summed E-state index contributed by atoms with van der Waals surface area (Å²) in [5.74, 6) is 1.68. The van der Waals surface area contributed by atoms with Crippen LogP contribution >= 0.6 is 11.8 Å². The van der Waals surface area contributed by atoms with Crippen LogP contribution in [0.5, 0.6) is 0 Å². The van der Waals surface area contributed by atoms with Gasteiger partial charge in [-0.15, -0.1) is 5.10 Å². The van der Waals surface area contributed by atoms with E-state index in [4.69, 9.17) is 10.1 Å². The molecule has 6 nitrogen and oxygen atoms in total. The number of rotatable bonds is 7. The van der Waals surface area contributed by atoms with Crippen LogP contribution in [0.3, 0.4) is 0 Å². The number of carbonyl (C=O) groups is 1. The van der Waals surface area contributed by atoms with Crippen LogP contribution < -0.4 is 10.6 Å². The van der Waals surface area contributed by atoms with Crippen molar-refractivity contribution >= 4 is 29.3 Å². The number of aryl methyl sites for hydroxylation is 3. The van der Waals surface area contributed by atoms with Crippen LogP contribution in [0.4, 0.5) is 11.6 Å². The molecule has 7 heteroatoms. The van der Waals surface area contributed by atoms with Crippen molar-refractivity contribution in [2.75, 3.05) is 10.6 Å². The molecule has 0 spiro atoms. The van der Waals surface area contributed by atoms with Gasteiger partial charge in [-0.1, -0.05) is 97.4 Å². The topological polar surface area (TPSA) is 71.8 Å². The molecule has 0 bridgehead atoms. The first-order valence-electron chi connectivity index (χ1n) is 13.3. The summed E-state index contributed by atoms with van der Waals surface area (Å²) in [4.78, 5) is 18.7. The summed E-state index contributed by atoms with van der Waals surface area (Å²) in [6.45, 7) is 12.5. The number of amides is 1. The molecule has 1 aliphatic rings. The van der Waals surface area contributed by atoms with Gasteiger partial charge in [-0.05, 0) is 61.9 Å². The molecule has 1 unspecified atom stereocenters. The third-order valence-electron chi connectivity index (χ3n) is 7.08. The number of nitrogens with zero attached hydrogens (tertiary/aromatic N) is 3. The summed E-state index contributed by atoms with van der Waals surface area (Å²) >= 11 is 1.59. The highest BCUT2D eigenvalue weighted by molar-refractivity contribution is 7.98. The maximum atomic E-state index is 13.9. The van der Waals surface area contributed by atoms with Crippen molar-refractivity contribution in [1.29, 1.82) is 0 Å². The van der Waals surface area contributed by atoms with E-state index in [1.807, 2.05) is 37.6 Å². The van der Waals surface area contributed by atoms with E-state index in [1.165, 1.54) is 16.7 Å². The number of hydrogen-bond acceptors (Lipinski definition) is 5. The summed E-state index contributed by atoms with van der Waals surface area (Å²) < 4.78 is 1.85. The maximum Gasteiger partial charge on any atom is 0.255 e. The van der Waals surface area contributed by atoms with Gasteiger partial charge in [0, 0.05) is 17.1 Å². The Morgan fingerprint density at radius 2 is 1.74 bits per heavy atom. The van der Waals surface area contributed by atoms with E-state index in [0.717, 1.165) is 33.8 Å². The lowest BCUT2D eigenvalue weighted by Gasteiger charge is -2.29. The quantitative estimate of drug-likeness (QED) is 0.238. The lowest BCUT2D eigenvalue weighted by atomic mass is 9.92. The van der Waals surface area contributed by atoms with Gasteiger partial charge >= 0.3 is 0 Å². The molecule has 200 valence electrons. The number of aromatic nitrogens is 3. The first kappa shape index (κ1) is 26.8. The molecular formula is C32H35N5OS. The average molecular weight is 538 g/mol. The number of fused-ring (bicyclic) bond motifs is 1. The summed E-state index contributed by atoms with van der Waals surface area (Å²) in [7, 11) is 0. The molecule has 1 amide bonds. The van der Waals surface area contributed by atoms with Gasteiger partial charge in [-0.3, -0.25) is 4.79 Å². The van der Waals surface area contributed by atoms with Crippen LogP contribution in [0.15, 0.2) is 83.2 Å². The largest absolute Gasteiger partial charge is 0.328 e. The lowest BCUT2D eigenvalue weighted by Crippen LogP contribution is -2.31. The fourth-order valence-corrected chi connectivity index (χ4v) is 5.72. The molecule has 0 aliphatic carbocycles. The Hall–Kier alpha value is -3.84. The van der Waals surface area contributed by atoms with E-state index in [0.29, 0.717) is 22.6 Å². The monoisotopic (exact) mass is 537 g/mol. The number of allylic oxidation sites excluding steroid dienone is 1. The van der Waals surface area contributed by atoms with Crippen LogP contribution in [0.1, 0.15) is 66.1 Å². The van der Waals surface area contributed by atoms with Gasteiger partial charge in [0.25, 0.3) is 5.91 Å². The average Bonchev–Trinajstić information content (AvgIpc) is 3.30. The smallest absolute Gasteiger partial charge is 0.255 e. The summed E-state index contributed by atoms with van der Waals surface area (Å²) in [6, 6.07) is 22.6. The van der Waals surface area contributed by atoms with Crippen LogP contribution in [0.2, 0.25) is 0 Å². The van der Waals surface area contributed by atoms with Crippen molar-refractivity contribution in [1.82, 2.24) is 14.8 Å². The van der Waals surface area contributed by atoms with Crippen LogP contribution in [0, 0.1) is 20.8 Å². The molecule has 1 aromatic heterocycles. The van der Waals surface area contributed by atoms with E-state index < -0.39 is 6.04 Å². The Morgan fingerprint density at radius 1 is 1.00 bits per heavy atom. The van der Waals surface area contributed by atoms with Gasteiger partial charge in [-0.2, -0.15) is 4.98 Å². The Kier molecular flexibility index (Phi) is 7.62. The normalized spacial score (nSPS) is 14.8. The zero-order valence-corrected chi connectivity index (χ0v) is 24.2. The molecule has 0 saturated heterocycles. The van der Waals surface area contributed by atoms with Gasteiger partial charge in [-0.25, -0.2) is 4.68 Å². The molecule has 4 aromatic rings. The number of benzene rings is 3. The molecule has 1 aliphatic heterocycles. The minimum atomic E-state index is -0.408. The Labute approximate surface area is 234 Å². The third-order valence-corrected chi connectivity index (χ3v) is 7.99. The summed E-state index contributed by atoms with van der Waals surface area (Å²) in [5.41, 5.74) is 9.09. The SMILES string of the molecule is CC1=C(C(=O)Nc2ccc(C)cc2C)C(c2ccc(C(C)C)cc2)n2nc(SCc3cccc(C)c3)nc2N1. The van der Waals surface area contributed by atoms with E-state index in [9.17, 15) is 4.79 Å². The number of nitrogens with one attached hydrogen (secondary N) is 2. The zero-order chi connectivity index (χ0) is 27.7. The second-order valence-electron chi connectivity index (χ2n) is 10.6. The van der Waals surface area contributed by atoms with E-state index in [1.54, 1.807) is 11.8 Å². The molecule has 39 heavy (non-hydrogen) atoms. The van der Waals surface area contributed by atoms with Crippen molar-refractivity contribution in [2.45, 2.75) is 64.4 Å². The molecule has 1 atom stereocenters. The second-order valence-corrected chi connectivity index (χ2v) is 11.5. The van der Waals surface area contributed by atoms with Crippen LogP contribution in [-0.2, 0) is 10.5 Å². The molecule has 5 rings (SSSR count). The van der Waals surface area contributed by atoms with Crippen molar-refractivity contribution in [3.63, 3.8) is 0 Å². The van der Waals surface area contributed by atoms with Gasteiger partial charge < -0.3 is 10.6 Å². The van der Waals surface area contributed by atoms with Crippen molar-refractivity contribution in [2.24, 2.45) is 0 Å². The molecule has 2 heterocycles. The Balaban J connectivity index is 1.50.